The SMILES string of the molecule is CCN(C(=O)CCc1ccco1)c1ccc(CN)cc1. The second-order valence-electron chi connectivity index (χ2n) is 4.59. The van der Waals surface area contributed by atoms with Crippen LogP contribution in [-0.2, 0) is 17.8 Å². The van der Waals surface area contributed by atoms with Crippen molar-refractivity contribution in [1.29, 1.82) is 0 Å². The number of anilines is 1. The summed E-state index contributed by atoms with van der Waals surface area (Å²) in [4.78, 5) is 14.1. The Hall–Kier alpha value is -2.07. The Kier molecular flexibility index (Phi) is 4.96. The fourth-order valence-corrected chi connectivity index (χ4v) is 2.13. The van der Waals surface area contributed by atoms with Gasteiger partial charge < -0.3 is 15.1 Å². The van der Waals surface area contributed by atoms with Crippen molar-refractivity contribution in [3.63, 3.8) is 0 Å². The summed E-state index contributed by atoms with van der Waals surface area (Å²) in [5, 5.41) is 0. The first kappa shape index (κ1) is 14.3. The van der Waals surface area contributed by atoms with Crippen LogP contribution in [0, 0.1) is 0 Å². The van der Waals surface area contributed by atoms with E-state index >= 15 is 0 Å². The van der Waals surface area contributed by atoms with Crippen LogP contribution in [0.25, 0.3) is 0 Å². The first-order chi connectivity index (χ1) is 9.74. The lowest BCUT2D eigenvalue weighted by Crippen LogP contribution is -2.30. The van der Waals surface area contributed by atoms with Crippen molar-refractivity contribution in [2.75, 3.05) is 11.4 Å². The van der Waals surface area contributed by atoms with Gasteiger partial charge in [0.15, 0.2) is 0 Å². The summed E-state index contributed by atoms with van der Waals surface area (Å²) in [5.41, 5.74) is 7.55. The summed E-state index contributed by atoms with van der Waals surface area (Å²) < 4.78 is 5.25. The number of hydrogen-bond acceptors (Lipinski definition) is 3. The maximum atomic E-state index is 12.3. The van der Waals surface area contributed by atoms with Crippen LogP contribution >= 0.6 is 0 Å². The quantitative estimate of drug-likeness (QED) is 0.879. The molecule has 0 saturated carbocycles. The van der Waals surface area contributed by atoms with Crippen molar-refractivity contribution >= 4 is 11.6 Å². The van der Waals surface area contributed by atoms with Gasteiger partial charge in [-0.15, -0.1) is 0 Å². The van der Waals surface area contributed by atoms with Crippen molar-refractivity contribution < 1.29 is 9.21 Å². The highest BCUT2D eigenvalue weighted by Crippen LogP contribution is 2.17. The third-order valence-corrected chi connectivity index (χ3v) is 3.27. The Morgan fingerprint density at radius 3 is 2.55 bits per heavy atom. The van der Waals surface area contributed by atoms with Crippen LogP contribution < -0.4 is 10.6 Å². The molecule has 0 aliphatic heterocycles. The number of nitrogens with zero attached hydrogens (tertiary/aromatic N) is 1. The van der Waals surface area contributed by atoms with E-state index in [1.165, 1.54) is 0 Å². The summed E-state index contributed by atoms with van der Waals surface area (Å²) in [6, 6.07) is 11.5. The first-order valence-electron chi connectivity index (χ1n) is 6.86. The predicted molar refractivity (Wildman–Crippen MR) is 79.4 cm³/mol. The van der Waals surface area contributed by atoms with E-state index in [1.54, 1.807) is 11.2 Å². The lowest BCUT2D eigenvalue weighted by atomic mass is 10.1. The maximum Gasteiger partial charge on any atom is 0.227 e. The number of carbonyl (C=O) groups excluding carboxylic acids is 1. The third-order valence-electron chi connectivity index (χ3n) is 3.27. The van der Waals surface area contributed by atoms with Crippen LogP contribution in [-0.4, -0.2) is 12.5 Å². The molecule has 1 aromatic heterocycles. The zero-order valence-corrected chi connectivity index (χ0v) is 11.7. The van der Waals surface area contributed by atoms with E-state index < -0.39 is 0 Å². The maximum absolute atomic E-state index is 12.3. The molecule has 1 amide bonds. The fourth-order valence-electron chi connectivity index (χ4n) is 2.13. The number of amides is 1. The zero-order valence-electron chi connectivity index (χ0n) is 11.7. The highest BCUT2D eigenvalue weighted by atomic mass is 16.3. The minimum Gasteiger partial charge on any atom is -0.469 e. The van der Waals surface area contributed by atoms with Crippen molar-refractivity contribution in [2.24, 2.45) is 5.73 Å². The van der Waals surface area contributed by atoms with Crippen LogP contribution in [0.1, 0.15) is 24.7 Å². The molecule has 0 aliphatic rings. The fraction of sp³-hybridized carbons (Fsp3) is 0.312. The molecule has 4 heteroatoms. The van der Waals surface area contributed by atoms with Crippen molar-refractivity contribution in [3.05, 3.63) is 54.0 Å². The van der Waals surface area contributed by atoms with Crippen LogP contribution in [0.3, 0.4) is 0 Å². The van der Waals surface area contributed by atoms with Crippen molar-refractivity contribution in [2.45, 2.75) is 26.3 Å². The second kappa shape index (κ2) is 6.91. The molecule has 0 atom stereocenters. The molecule has 0 radical (unpaired) electrons. The molecule has 0 aliphatic carbocycles. The summed E-state index contributed by atoms with van der Waals surface area (Å²) in [5.74, 6) is 0.942. The van der Waals surface area contributed by atoms with Gasteiger partial charge in [-0.2, -0.15) is 0 Å². The number of hydrogen-bond donors (Lipinski definition) is 1. The van der Waals surface area contributed by atoms with Gasteiger partial charge in [-0.25, -0.2) is 0 Å². The highest BCUT2D eigenvalue weighted by molar-refractivity contribution is 5.93. The Morgan fingerprint density at radius 1 is 1.25 bits per heavy atom. The molecule has 0 fully saturated rings. The lowest BCUT2D eigenvalue weighted by molar-refractivity contribution is -0.118. The summed E-state index contributed by atoms with van der Waals surface area (Å²) in [6.45, 7) is 3.14. The monoisotopic (exact) mass is 272 g/mol. The second-order valence-corrected chi connectivity index (χ2v) is 4.59. The molecule has 2 aromatic rings. The van der Waals surface area contributed by atoms with E-state index in [0.717, 1.165) is 17.0 Å². The normalized spacial score (nSPS) is 10.5. The summed E-state index contributed by atoms with van der Waals surface area (Å²) in [7, 11) is 0. The molecule has 106 valence electrons. The standard InChI is InChI=1S/C16H20N2O2/c1-2-18(14-7-5-13(12-17)6-8-14)16(19)10-9-15-4-3-11-20-15/h3-8,11H,2,9-10,12,17H2,1H3. The minimum absolute atomic E-state index is 0.101. The summed E-state index contributed by atoms with van der Waals surface area (Å²) >= 11 is 0. The average Bonchev–Trinajstić information content (AvgIpc) is 3.00. The van der Waals surface area contributed by atoms with E-state index in [4.69, 9.17) is 10.2 Å². The van der Waals surface area contributed by atoms with E-state index in [9.17, 15) is 4.79 Å². The number of furan rings is 1. The van der Waals surface area contributed by atoms with Gasteiger partial charge in [-0.05, 0) is 36.8 Å². The van der Waals surface area contributed by atoms with E-state index in [1.807, 2.05) is 43.3 Å². The number of carbonyl (C=O) groups is 1. The van der Waals surface area contributed by atoms with Gasteiger partial charge in [0.05, 0.1) is 6.26 Å². The van der Waals surface area contributed by atoms with Gasteiger partial charge in [0.25, 0.3) is 0 Å². The number of aryl methyl sites for hydroxylation is 1. The number of rotatable bonds is 6. The topological polar surface area (TPSA) is 59.5 Å². The van der Waals surface area contributed by atoms with Crippen LogP contribution in [0.4, 0.5) is 5.69 Å². The third kappa shape index (κ3) is 3.48. The van der Waals surface area contributed by atoms with Crippen molar-refractivity contribution in [3.8, 4) is 0 Å². The van der Waals surface area contributed by atoms with Crippen molar-refractivity contribution in [1.82, 2.24) is 0 Å². The van der Waals surface area contributed by atoms with Gasteiger partial charge in [0.1, 0.15) is 5.76 Å². The van der Waals surface area contributed by atoms with E-state index in [0.29, 0.717) is 25.9 Å². The average molecular weight is 272 g/mol. The molecule has 20 heavy (non-hydrogen) atoms. The first-order valence-corrected chi connectivity index (χ1v) is 6.86. The van der Waals surface area contributed by atoms with Gasteiger partial charge in [-0.3, -0.25) is 4.79 Å². The Labute approximate surface area is 119 Å². The number of benzene rings is 1. The molecule has 1 aromatic carbocycles. The molecular weight excluding hydrogens is 252 g/mol. The van der Waals surface area contributed by atoms with E-state index in [2.05, 4.69) is 0 Å². The lowest BCUT2D eigenvalue weighted by Gasteiger charge is -2.21. The zero-order chi connectivity index (χ0) is 14.4. The largest absolute Gasteiger partial charge is 0.469 e. The van der Waals surface area contributed by atoms with Gasteiger partial charge in [0.2, 0.25) is 5.91 Å². The molecule has 4 nitrogen and oxygen atoms in total. The van der Waals surface area contributed by atoms with E-state index in [-0.39, 0.29) is 5.91 Å². The Balaban J connectivity index is 2.00. The molecule has 0 bridgehead atoms. The highest BCUT2D eigenvalue weighted by Gasteiger charge is 2.14. The Bertz CT molecular complexity index is 532. The Morgan fingerprint density at radius 2 is 2.00 bits per heavy atom. The molecular formula is C16H20N2O2. The number of nitrogens with two attached hydrogens (primary N) is 1. The summed E-state index contributed by atoms with van der Waals surface area (Å²) in [6.07, 6.45) is 2.70. The smallest absolute Gasteiger partial charge is 0.227 e. The molecule has 2 rings (SSSR count). The van der Waals surface area contributed by atoms with Gasteiger partial charge in [-0.1, -0.05) is 12.1 Å². The van der Waals surface area contributed by atoms with Gasteiger partial charge >= 0.3 is 0 Å². The predicted octanol–water partition coefficient (Wildman–Crippen LogP) is 2.72. The van der Waals surface area contributed by atoms with Crippen LogP contribution in [0.2, 0.25) is 0 Å². The van der Waals surface area contributed by atoms with Gasteiger partial charge in [0, 0.05) is 31.6 Å². The molecule has 1 heterocycles. The minimum atomic E-state index is 0.101. The molecule has 0 unspecified atom stereocenters. The molecule has 0 spiro atoms. The van der Waals surface area contributed by atoms with Crippen LogP contribution in [0.15, 0.2) is 47.1 Å². The van der Waals surface area contributed by atoms with Crippen LogP contribution in [0.5, 0.6) is 0 Å². The molecule has 0 saturated heterocycles. The molecule has 2 N–H and O–H groups in total.